The van der Waals surface area contributed by atoms with Crippen LogP contribution in [0.2, 0.25) is 5.02 Å². The molecule has 2 aromatic rings. The number of carbonyl (C=O) groups excluding carboxylic acids is 1. The van der Waals surface area contributed by atoms with Gasteiger partial charge in [0, 0.05) is 17.0 Å². The highest BCUT2D eigenvalue weighted by Gasteiger charge is 2.25. The lowest BCUT2D eigenvalue weighted by Crippen LogP contribution is -2.34. The van der Waals surface area contributed by atoms with Crippen molar-refractivity contribution in [2.75, 3.05) is 5.32 Å². The Morgan fingerprint density at radius 3 is 3.10 bits per heavy atom. The summed E-state index contributed by atoms with van der Waals surface area (Å²) in [6.45, 7) is 0. The average Bonchev–Trinajstić information content (AvgIpc) is 2.80. The zero-order valence-electron chi connectivity index (χ0n) is 10.9. The van der Waals surface area contributed by atoms with E-state index < -0.39 is 0 Å². The van der Waals surface area contributed by atoms with Crippen LogP contribution in [-0.4, -0.2) is 16.9 Å². The molecular weight excluding hydrogens is 294 g/mol. The minimum Gasteiger partial charge on any atom is -0.328 e. The fourth-order valence-corrected chi connectivity index (χ4v) is 3.77. The number of hydrogen-bond donors (Lipinski definition) is 2. The van der Waals surface area contributed by atoms with Crippen molar-refractivity contribution < 1.29 is 4.79 Å². The van der Waals surface area contributed by atoms with Crippen LogP contribution in [0.4, 0.5) is 5.13 Å². The van der Waals surface area contributed by atoms with Crippen molar-refractivity contribution in [1.29, 1.82) is 0 Å². The first-order valence-electron chi connectivity index (χ1n) is 6.74. The summed E-state index contributed by atoms with van der Waals surface area (Å²) in [5, 5.41) is 4.22. The van der Waals surface area contributed by atoms with Crippen molar-refractivity contribution in [3.63, 3.8) is 0 Å². The van der Waals surface area contributed by atoms with Crippen molar-refractivity contribution in [2.45, 2.75) is 31.7 Å². The molecule has 1 aliphatic carbocycles. The molecule has 6 heteroatoms. The second-order valence-corrected chi connectivity index (χ2v) is 6.71. The molecule has 1 heterocycles. The molecule has 0 radical (unpaired) electrons. The lowest BCUT2D eigenvalue weighted by molar-refractivity contribution is -0.120. The number of rotatable bonds is 2. The van der Waals surface area contributed by atoms with Gasteiger partial charge in [0.1, 0.15) is 0 Å². The first kappa shape index (κ1) is 13.8. The molecule has 3 N–H and O–H groups in total. The number of nitrogens with one attached hydrogen (secondary N) is 1. The molecule has 2 atom stereocenters. The van der Waals surface area contributed by atoms with E-state index in [2.05, 4.69) is 10.3 Å². The Balaban J connectivity index is 1.73. The van der Waals surface area contributed by atoms with Gasteiger partial charge in [-0.2, -0.15) is 0 Å². The number of halogens is 1. The van der Waals surface area contributed by atoms with Crippen LogP contribution < -0.4 is 11.1 Å². The van der Waals surface area contributed by atoms with E-state index >= 15 is 0 Å². The van der Waals surface area contributed by atoms with Crippen LogP contribution in [0.3, 0.4) is 0 Å². The molecule has 3 rings (SSSR count). The summed E-state index contributed by atoms with van der Waals surface area (Å²) in [5.74, 6) is 0.0413. The van der Waals surface area contributed by atoms with Crippen molar-refractivity contribution >= 4 is 44.2 Å². The first-order valence-corrected chi connectivity index (χ1v) is 7.94. The van der Waals surface area contributed by atoms with Crippen molar-refractivity contribution in [2.24, 2.45) is 11.7 Å². The summed E-state index contributed by atoms with van der Waals surface area (Å²) in [6.07, 6.45) is 3.72. The van der Waals surface area contributed by atoms with Gasteiger partial charge in [0.2, 0.25) is 5.91 Å². The normalized spacial score (nSPS) is 22.9. The molecule has 106 valence electrons. The van der Waals surface area contributed by atoms with Crippen LogP contribution in [0, 0.1) is 5.92 Å². The standard InChI is InChI=1S/C14H16ClN3OS/c15-9-4-5-11-12(7-9)20-14(17-11)18-13(19)8-2-1-3-10(16)6-8/h4-5,7-8,10H,1-3,6,16H2,(H,17,18,19). The maximum absolute atomic E-state index is 12.2. The van der Waals surface area contributed by atoms with Gasteiger partial charge in [0.15, 0.2) is 5.13 Å². The Morgan fingerprint density at radius 1 is 1.45 bits per heavy atom. The van der Waals surface area contributed by atoms with Gasteiger partial charge in [-0.25, -0.2) is 4.98 Å². The molecule has 1 aromatic carbocycles. The fraction of sp³-hybridized carbons (Fsp3) is 0.429. The van der Waals surface area contributed by atoms with E-state index in [0.717, 1.165) is 35.9 Å². The van der Waals surface area contributed by atoms with Crippen molar-refractivity contribution in [3.05, 3.63) is 23.2 Å². The number of hydrogen-bond acceptors (Lipinski definition) is 4. The third-order valence-electron chi connectivity index (χ3n) is 3.67. The fourth-order valence-electron chi connectivity index (χ4n) is 2.63. The second kappa shape index (κ2) is 5.68. The van der Waals surface area contributed by atoms with Crippen LogP contribution in [0.5, 0.6) is 0 Å². The Kier molecular flexibility index (Phi) is 3.92. The highest BCUT2D eigenvalue weighted by atomic mass is 35.5. The molecule has 1 fully saturated rings. The Labute approximate surface area is 126 Å². The number of carbonyl (C=O) groups is 1. The molecule has 1 aromatic heterocycles. The summed E-state index contributed by atoms with van der Waals surface area (Å²) in [7, 11) is 0. The molecule has 0 aliphatic heterocycles. The maximum Gasteiger partial charge on any atom is 0.229 e. The van der Waals surface area contributed by atoms with Crippen LogP contribution in [-0.2, 0) is 4.79 Å². The summed E-state index contributed by atoms with van der Waals surface area (Å²) in [6, 6.07) is 5.67. The minimum atomic E-state index is 0.00866. The Bertz CT molecular complexity index is 642. The summed E-state index contributed by atoms with van der Waals surface area (Å²) in [4.78, 5) is 16.6. The smallest absolute Gasteiger partial charge is 0.229 e. The van der Waals surface area contributed by atoms with Gasteiger partial charge in [0.25, 0.3) is 0 Å². The molecule has 1 amide bonds. The number of fused-ring (bicyclic) bond motifs is 1. The summed E-state index contributed by atoms with van der Waals surface area (Å²) >= 11 is 7.39. The zero-order valence-corrected chi connectivity index (χ0v) is 12.5. The Hall–Kier alpha value is -1.17. The molecule has 2 unspecified atom stereocenters. The Morgan fingerprint density at radius 2 is 2.30 bits per heavy atom. The molecular formula is C14H16ClN3OS. The van der Waals surface area contributed by atoms with E-state index in [1.54, 1.807) is 6.07 Å². The third kappa shape index (κ3) is 2.95. The highest BCUT2D eigenvalue weighted by molar-refractivity contribution is 7.22. The van der Waals surface area contributed by atoms with Crippen molar-refractivity contribution in [1.82, 2.24) is 4.98 Å². The van der Waals surface area contributed by atoms with Crippen molar-refractivity contribution in [3.8, 4) is 0 Å². The quantitative estimate of drug-likeness (QED) is 0.893. The average molecular weight is 310 g/mol. The lowest BCUT2D eigenvalue weighted by atomic mass is 9.86. The third-order valence-corrected chi connectivity index (χ3v) is 4.83. The molecule has 1 aliphatic rings. The number of benzene rings is 1. The van der Waals surface area contributed by atoms with Gasteiger partial charge in [-0.1, -0.05) is 29.4 Å². The predicted molar refractivity (Wildman–Crippen MR) is 83.2 cm³/mol. The highest BCUT2D eigenvalue weighted by Crippen LogP contribution is 2.30. The number of amides is 1. The minimum absolute atomic E-state index is 0.00866. The van der Waals surface area contributed by atoms with Gasteiger partial charge < -0.3 is 11.1 Å². The largest absolute Gasteiger partial charge is 0.328 e. The summed E-state index contributed by atoms with van der Waals surface area (Å²) in [5.41, 5.74) is 6.78. The van der Waals surface area contributed by atoms with E-state index in [9.17, 15) is 4.79 Å². The molecule has 1 saturated carbocycles. The van der Waals surface area contributed by atoms with Crippen LogP contribution in [0.15, 0.2) is 18.2 Å². The van der Waals surface area contributed by atoms with E-state index in [1.165, 1.54) is 11.3 Å². The van der Waals surface area contributed by atoms with E-state index in [0.29, 0.717) is 10.2 Å². The monoisotopic (exact) mass is 309 g/mol. The second-order valence-electron chi connectivity index (χ2n) is 5.24. The number of anilines is 1. The lowest BCUT2D eigenvalue weighted by Gasteiger charge is -2.25. The van der Waals surface area contributed by atoms with E-state index in [1.807, 2.05) is 12.1 Å². The zero-order chi connectivity index (χ0) is 14.1. The van der Waals surface area contributed by atoms with E-state index in [4.69, 9.17) is 17.3 Å². The topological polar surface area (TPSA) is 68.0 Å². The van der Waals surface area contributed by atoms with Gasteiger partial charge in [-0.05, 0) is 37.5 Å². The van der Waals surface area contributed by atoms with E-state index in [-0.39, 0.29) is 17.9 Å². The van der Waals surface area contributed by atoms with Crippen LogP contribution in [0.1, 0.15) is 25.7 Å². The first-order chi connectivity index (χ1) is 9.61. The molecule has 0 spiro atoms. The SMILES string of the molecule is NC1CCCC(C(=O)Nc2nc3ccc(Cl)cc3s2)C1. The molecule has 0 saturated heterocycles. The van der Waals surface area contributed by atoms with Crippen LogP contribution in [0.25, 0.3) is 10.2 Å². The predicted octanol–water partition coefficient (Wildman–Crippen LogP) is 3.41. The number of nitrogens with two attached hydrogens (primary N) is 1. The summed E-state index contributed by atoms with van der Waals surface area (Å²) < 4.78 is 0.980. The molecule has 4 nitrogen and oxygen atoms in total. The number of thiazole rings is 1. The number of aromatic nitrogens is 1. The number of nitrogens with zero attached hydrogens (tertiary/aromatic N) is 1. The molecule has 20 heavy (non-hydrogen) atoms. The van der Waals surface area contributed by atoms with Gasteiger partial charge in [-0.15, -0.1) is 0 Å². The van der Waals surface area contributed by atoms with Gasteiger partial charge in [0.05, 0.1) is 10.2 Å². The van der Waals surface area contributed by atoms with Crippen LogP contribution >= 0.6 is 22.9 Å². The maximum atomic E-state index is 12.2. The molecule has 0 bridgehead atoms. The van der Waals surface area contributed by atoms with Gasteiger partial charge >= 0.3 is 0 Å². The van der Waals surface area contributed by atoms with Gasteiger partial charge in [-0.3, -0.25) is 4.79 Å².